The van der Waals surface area contributed by atoms with Gasteiger partial charge in [-0.2, -0.15) is 0 Å². The molecule has 1 unspecified atom stereocenters. The fraction of sp³-hybridized carbons (Fsp3) is 0.750. The van der Waals surface area contributed by atoms with Crippen LogP contribution in [0.2, 0.25) is 0 Å². The Hall–Kier alpha value is -1.72. The monoisotopic (exact) mass is 313 g/mol. The van der Waals surface area contributed by atoms with Crippen LogP contribution in [0.5, 0.6) is 0 Å². The van der Waals surface area contributed by atoms with Crippen LogP contribution in [0.4, 0.5) is 4.79 Å². The highest BCUT2D eigenvalue weighted by molar-refractivity contribution is 5.90. The van der Waals surface area contributed by atoms with Crippen molar-refractivity contribution in [3.63, 3.8) is 0 Å². The highest BCUT2D eigenvalue weighted by Crippen LogP contribution is 2.23. The Kier molecular flexibility index (Phi) is 6.26. The smallest absolute Gasteiger partial charge is 0.410 e. The van der Waals surface area contributed by atoms with Crippen LogP contribution in [0.15, 0.2) is 11.3 Å². The maximum atomic E-state index is 12.1. The molecule has 0 aliphatic carbocycles. The molecule has 0 radical (unpaired) electrons. The van der Waals surface area contributed by atoms with Gasteiger partial charge in [0.15, 0.2) is 0 Å². The second kappa shape index (κ2) is 7.51. The number of rotatable bonds is 4. The highest BCUT2D eigenvalue weighted by atomic mass is 16.6. The van der Waals surface area contributed by atoms with E-state index < -0.39 is 17.7 Å². The first-order valence-corrected chi connectivity index (χ1v) is 7.62. The van der Waals surface area contributed by atoms with Gasteiger partial charge < -0.3 is 19.1 Å². The summed E-state index contributed by atoms with van der Waals surface area (Å²) in [4.78, 5) is 25.6. The first kappa shape index (κ1) is 18.3. The number of esters is 1. The van der Waals surface area contributed by atoms with Crippen molar-refractivity contribution >= 4 is 12.1 Å². The van der Waals surface area contributed by atoms with E-state index in [9.17, 15) is 9.59 Å². The van der Waals surface area contributed by atoms with Crippen LogP contribution in [0.25, 0.3) is 0 Å². The third-order valence-corrected chi connectivity index (χ3v) is 3.30. The van der Waals surface area contributed by atoms with E-state index in [1.165, 1.54) is 12.0 Å². The van der Waals surface area contributed by atoms with E-state index >= 15 is 0 Å². The maximum absolute atomic E-state index is 12.1. The molecule has 126 valence electrons. The van der Waals surface area contributed by atoms with Crippen LogP contribution in [0.3, 0.4) is 0 Å². The molecule has 0 saturated carbocycles. The lowest BCUT2D eigenvalue weighted by atomic mass is 10.1. The molecule has 6 heteroatoms. The molecule has 0 fully saturated rings. The molecule has 1 aliphatic heterocycles. The highest BCUT2D eigenvalue weighted by Gasteiger charge is 2.31. The third kappa shape index (κ3) is 5.24. The minimum absolute atomic E-state index is 0.0164. The van der Waals surface area contributed by atoms with Crippen molar-refractivity contribution < 1.29 is 23.8 Å². The van der Waals surface area contributed by atoms with Gasteiger partial charge in [0.25, 0.3) is 0 Å². The molecule has 0 saturated heterocycles. The molecule has 0 spiro atoms. The fourth-order valence-corrected chi connectivity index (χ4v) is 1.99. The summed E-state index contributed by atoms with van der Waals surface area (Å²) in [5.41, 5.74) is -0.181. The standard InChI is InChI=1S/C16H27NO5/c1-7-11(2)21-13-8-9-17(10-12(13)14(18)20-6)15(19)22-16(3,4)5/h11H,7-10H2,1-6H3. The van der Waals surface area contributed by atoms with Crippen LogP contribution in [0.1, 0.15) is 47.5 Å². The van der Waals surface area contributed by atoms with Crippen molar-refractivity contribution in [1.29, 1.82) is 0 Å². The van der Waals surface area contributed by atoms with Crippen LogP contribution in [-0.4, -0.2) is 48.9 Å². The van der Waals surface area contributed by atoms with Gasteiger partial charge in [0.1, 0.15) is 11.4 Å². The Labute approximate surface area is 132 Å². The van der Waals surface area contributed by atoms with Gasteiger partial charge in [-0.3, -0.25) is 0 Å². The molecule has 0 bridgehead atoms. The van der Waals surface area contributed by atoms with Gasteiger partial charge in [0.2, 0.25) is 0 Å². The van der Waals surface area contributed by atoms with Gasteiger partial charge in [-0.25, -0.2) is 9.59 Å². The first-order chi connectivity index (χ1) is 10.2. The van der Waals surface area contributed by atoms with Crippen molar-refractivity contribution in [2.24, 2.45) is 0 Å². The van der Waals surface area contributed by atoms with Crippen LogP contribution in [0, 0.1) is 0 Å². The minimum atomic E-state index is -0.570. The Morgan fingerprint density at radius 2 is 1.95 bits per heavy atom. The topological polar surface area (TPSA) is 65.1 Å². The third-order valence-electron chi connectivity index (χ3n) is 3.30. The molecule has 1 amide bonds. The molecule has 6 nitrogen and oxygen atoms in total. The molecule has 0 aromatic heterocycles. The SMILES string of the molecule is CCC(C)OC1=C(C(=O)OC)CN(C(=O)OC(C)(C)C)CC1. The molecule has 0 N–H and O–H groups in total. The Bertz CT molecular complexity index is 450. The van der Waals surface area contributed by atoms with Gasteiger partial charge in [-0.15, -0.1) is 0 Å². The zero-order chi connectivity index (χ0) is 16.9. The van der Waals surface area contributed by atoms with Crippen molar-refractivity contribution in [2.45, 2.75) is 59.2 Å². The fourth-order valence-electron chi connectivity index (χ4n) is 1.99. The second-order valence-corrected chi connectivity index (χ2v) is 6.38. The van der Waals surface area contributed by atoms with E-state index in [0.29, 0.717) is 24.3 Å². The van der Waals surface area contributed by atoms with Crippen LogP contribution >= 0.6 is 0 Å². The summed E-state index contributed by atoms with van der Waals surface area (Å²) < 4.78 is 16.0. The normalized spacial score (nSPS) is 17.1. The predicted molar refractivity (Wildman–Crippen MR) is 82.3 cm³/mol. The molecule has 1 heterocycles. The van der Waals surface area contributed by atoms with Gasteiger partial charge in [-0.05, 0) is 34.1 Å². The number of carbonyl (C=O) groups excluding carboxylic acids is 2. The number of nitrogens with zero attached hydrogens (tertiary/aromatic N) is 1. The predicted octanol–water partition coefficient (Wildman–Crippen LogP) is 2.87. The zero-order valence-electron chi connectivity index (χ0n) is 14.4. The van der Waals surface area contributed by atoms with E-state index in [1.54, 1.807) is 0 Å². The summed E-state index contributed by atoms with van der Waals surface area (Å²) in [5, 5.41) is 0. The van der Waals surface area contributed by atoms with E-state index in [0.717, 1.165) is 6.42 Å². The molecular formula is C16H27NO5. The summed E-state index contributed by atoms with van der Waals surface area (Å²) in [6.07, 6.45) is 0.904. The Morgan fingerprint density at radius 1 is 1.32 bits per heavy atom. The number of methoxy groups -OCH3 is 1. The molecular weight excluding hydrogens is 286 g/mol. The number of carbonyl (C=O) groups is 2. The number of ether oxygens (including phenoxy) is 3. The molecule has 22 heavy (non-hydrogen) atoms. The average Bonchev–Trinajstić information content (AvgIpc) is 2.44. The largest absolute Gasteiger partial charge is 0.494 e. The lowest BCUT2D eigenvalue weighted by Gasteiger charge is -2.32. The van der Waals surface area contributed by atoms with Crippen LogP contribution < -0.4 is 0 Å². The lowest BCUT2D eigenvalue weighted by Crippen LogP contribution is -2.42. The molecule has 0 aromatic rings. The number of hydrogen-bond donors (Lipinski definition) is 0. The van der Waals surface area contributed by atoms with E-state index in [4.69, 9.17) is 14.2 Å². The molecule has 1 atom stereocenters. The van der Waals surface area contributed by atoms with E-state index in [2.05, 4.69) is 0 Å². The van der Waals surface area contributed by atoms with Gasteiger partial charge in [-0.1, -0.05) is 6.92 Å². The first-order valence-electron chi connectivity index (χ1n) is 7.62. The van der Waals surface area contributed by atoms with Crippen LogP contribution in [-0.2, 0) is 19.0 Å². The van der Waals surface area contributed by atoms with Crippen molar-refractivity contribution in [1.82, 2.24) is 4.90 Å². The Morgan fingerprint density at radius 3 is 2.45 bits per heavy atom. The summed E-state index contributed by atoms with van der Waals surface area (Å²) in [7, 11) is 1.32. The summed E-state index contributed by atoms with van der Waals surface area (Å²) >= 11 is 0. The van der Waals surface area contributed by atoms with Gasteiger partial charge in [0, 0.05) is 13.0 Å². The lowest BCUT2D eigenvalue weighted by molar-refractivity contribution is -0.136. The summed E-state index contributed by atoms with van der Waals surface area (Å²) in [6.45, 7) is 9.99. The van der Waals surface area contributed by atoms with Crippen molar-refractivity contribution in [3.8, 4) is 0 Å². The average molecular weight is 313 g/mol. The Balaban J connectivity index is 2.89. The van der Waals surface area contributed by atoms with Gasteiger partial charge >= 0.3 is 12.1 Å². The molecule has 0 aromatic carbocycles. The number of hydrogen-bond acceptors (Lipinski definition) is 5. The maximum Gasteiger partial charge on any atom is 0.410 e. The summed E-state index contributed by atoms with van der Waals surface area (Å²) in [6, 6.07) is 0. The van der Waals surface area contributed by atoms with Crippen molar-refractivity contribution in [2.75, 3.05) is 20.2 Å². The second-order valence-electron chi connectivity index (χ2n) is 6.38. The zero-order valence-corrected chi connectivity index (χ0v) is 14.4. The molecule has 1 rings (SSSR count). The molecule has 1 aliphatic rings. The van der Waals surface area contributed by atoms with Crippen molar-refractivity contribution in [3.05, 3.63) is 11.3 Å². The quantitative estimate of drug-likeness (QED) is 0.747. The van der Waals surface area contributed by atoms with Gasteiger partial charge in [0.05, 0.1) is 25.3 Å². The minimum Gasteiger partial charge on any atom is -0.494 e. The van der Waals surface area contributed by atoms with E-state index in [-0.39, 0.29) is 12.6 Å². The van der Waals surface area contributed by atoms with E-state index in [1.807, 2.05) is 34.6 Å². The number of amides is 1. The summed E-state index contributed by atoms with van der Waals surface area (Å²) in [5.74, 6) is 0.146.